The van der Waals surface area contributed by atoms with Crippen LogP contribution < -0.4 is 11.1 Å². The zero-order valence-electron chi connectivity index (χ0n) is 11.2. The monoisotopic (exact) mass is 265 g/mol. The summed E-state index contributed by atoms with van der Waals surface area (Å²) in [4.78, 5) is 16.0. The van der Waals surface area contributed by atoms with Crippen molar-refractivity contribution in [2.45, 2.75) is 6.92 Å². The van der Waals surface area contributed by atoms with Crippen molar-refractivity contribution in [2.24, 2.45) is 5.73 Å². The third kappa shape index (κ3) is 3.44. The smallest absolute Gasteiger partial charge is 0.257 e. The molecule has 1 heterocycles. The fourth-order valence-corrected chi connectivity index (χ4v) is 1.73. The van der Waals surface area contributed by atoms with Crippen molar-refractivity contribution in [1.82, 2.24) is 4.98 Å². The van der Waals surface area contributed by atoms with E-state index in [0.717, 1.165) is 16.8 Å². The number of nitrogens with two attached hydrogens (primary N) is 1. The molecule has 1 aromatic carbocycles. The number of hydrogen-bond acceptors (Lipinski definition) is 3. The first kappa shape index (κ1) is 13.8. The average molecular weight is 265 g/mol. The van der Waals surface area contributed by atoms with E-state index >= 15 is 0 Å². The number of nitrogens with one attached hydrogen (secondary N) is 1. The summed E-state index contributed by atoms with van der Waals surface area (Å²) in [7, 11) is 0. The lowest BCUT2D eigenvalue weighted by molar-refractivity contribution is 0.102. The normalized spacial score (nSPS) is 9.50. The average Bonchev–Trinajstić information content (AvgIpc) is 2.48. The van der Waals surface area contributed by atoms with Gasteiger partial charge in [-0.1, -0.05) is 11.8 Å². The summed E-state index contributed by atoms with van der Waals surface area (Å²) in [5, 5.41) is 2.86. The van der Waals surface area contributed by atoms with E-state index in [-0.39, 0.29) is 5.91 Å². The third-order valence-corrected chi connectivity index (χ3v) is 2.73. The molecule has 4 heteroatoms. The molecular formula is C16H15N3O. The largest absolute Gasteiger partial charge is 0.322 e. The number of anilines is 1. The zero-order valence-corrected chi connectivity index (χ0v) is 11.2. The summed E-state index contributed by atoms with van der Waals surface area (Å²) < 4.78 is 0. The highest BCUT2D eigenvalue weighted by Gasteiger charge is 2.07. The van der Waals surface area contributed by atoms with Gasteiger partial charge in [0, 0.05) is 23.6 Å². The molecule has 0 radical (unpaired) electrons. The van der Waals surface area contributed by atoms with Crippen LogP contribution in [-0.2, 0) is 0 Å². The van der Waals surface area contributed by atoms with Gasteiger partial charge in [0.2, 0.25) is 0 Å². The minimum Gasteiger partial charge on any atom is -0.322 e. The van der Waals surface area contributed by atoms with Crippen LogP contribution in [0.1, 0.15) is 21.5 Å². The predicted octanol–water partition coefficient (Wildman–Crippen LogP) is 1.95. The molecule has 0 atom stereocenters. The molecule has 1 aromatic heterocycles. The van der Waals surface area contributed by atoms with Crippen LogP contribution in [0.4, 0.5) is 5.69 Å². The summed E-state index contributed by atoms with van der Waals surface area (Å²) >= 11 is 0. The van der Waals surface area contributed by atoms with Crippen LogP contribution in [-0.4, -0.2) is 17.4 Å². The molecular weight excluding hydrogens is 250 g/mol. The van der Waals surface area contributed by atoms with Gasteiger partial charge in [-0.05, 0) is 42.8 Å². The van der Waals surface area contributed by atoms with E-state index in [0.29, 0.717) is 12.1 Å². The van der Waals surface area contributed by atoms with Gasteiger partial charge in [-0.15, -0.1) is 0 Å². The fraction of sp³-hybridized carbons (Fsp3) is 0.125. The van der Waals surface area contributed by atoms with Crippen LogP contribution in [0.3, 0.4) is 0 Å². The van der Waals surface area contributed by atoms with Crippen LogP contribution in [0.5, 0.6) is 0 Å². The minimum atomic E-state index is -0.179. The topological polar surface area (TPSA) is 68.0 Å². The van der Waals surface area contributed by atoms with Gasteiger partial charge < -0.3 is 11.1 Å². The molecule has 0 spiro atoms. The number of nitrogens with zero attached hydrogens (tertiary/aromatic N) is 1. The number of pyridine rings is 1. The molecule has 0 aliphatic heterocycles. The molecule has 0 unspecified atom stereocenters. The Hall–Kier alpha value is -2.64. The summed E-state index contributed by atoms with van der Waals surface area (Å²) in [6.07, 6.45) is 3.17. The molecule has 3 N–H and O–H groups in total. The van der Waals surface area contributed by atoms with E-state index < -0.39 is 0 Å². The van der Waals surface area contributed by atoms with E-state index in [1.54, 1.807) is 18.3 Å². The molecule has 0 saturated heterocycles. The maximum atomic E-state index is 12.0. The number of amides is 1. The first-order valence-corrected chi connectivity index (χ1v) is 6.21. The van der Waals surface area contributed by atoms with Gasteiger partial charge in [0.25, 0.3) is 5.91 Å². The Bertz CT molecular complexity index is 669. The summed E-state index contributed by atoms with van der Waals surface area (Å²) in [6, 6.07) is 9.06. The number of aryl methyl sites for hydroxylation is 1. The first-order valence-electron chi connectivity index (χ1n) is 6.21. The third-order valence-electron chi connectivity index (χ3n) is 2.73. The van der Waals surface area contributed by atoms with Crippen molar-refractivity contribution in [3.05, 3.63) is 59.4 Å². The highest BCUT2D eigenvalue weighted by atomic mass is 16.1. The maximum Gasteiger partial charge on any atom is 0.257 e. The van der Waals surface area contributed by atoms with E-state index in [2.05, 4.69) is 22.1 Å². The quantitative estimate of drug-likeness (QED) is 0.815. The molecule has 0 aliphatic rings. The number of aromatic nitrogens is 1. The first-order chi connectivity index (χ1) is 9.70. The Morgan fingerprint density at radius 3 is 2.90 bits per heavy atom. The SMILES string of the molecule is Cc1cc(C#CCN)ccc1NC(=O)c1cccnc1. The standard InChI is InChI=1S/C16H15N3O/c1-12-10-13(4-2-8-17)6-7-15(12)19-16(20)14-5-3-9-18-11-14/h3,5-7,9-11H,8,17H2,1H3,(H,19,20). The van der Waals surface area contributed by atoms with E-state index in [9.17, 15) is 4.79 Å². The predicted molar refractivity (Wildman–Crippen MR) is 79.3 cm³/mol. The van der Waals surface area contributed by atoms with Crippen molar-refractivity contribution < 1.29 is 4.79 Å². The number of hydrogen-bond donors (Lipinski definition) is 2. The highest BCUT2D eigenvalue weighted by molar-refractivity contribution is 6.04. The van der Waals surface area contributed by atoms with Crippen molar-refractivity contribution >= 4 is 11.6 Å². The lowest BCUT2D eigenvalue weighted by Crippen LogP contribution is -2.12. The molecule has 0 bridgehead atoms. The number of carbonyl (C=O) groups excluding carboxylic acids is 1. The zero-order chi connectivity index (χ0) is 14.4. The Morgan fingerprint density at radius 1 is 1.40 bits per heavy atom. The van der Waals surface area contributed by atoms with Gasteiger partial charge in [-0.2, -0.15) is 0 Å². The molecule has 0 saturated carbocycles. The molecule has 2 rings (SSSR count). The number of rotatable bonds is 2. The van der Waals surface area contributed by atoms with Crippen molar-refractivity contribution in [3.63, 3.8) is 0 Å². The van der Waals surface area contributed by atoms with Crippen molar-refractivity contribution in [3.8, 4) is 11.8 Å². The van der Waals surface area contributed by atoms with Crippen LogP contribution in [0.2, 0.25) is 0 Å². The van der Waals surface area contributed by atoms with E-state index in [1.807, 2.05) is 25.1 Å². The van der Waals surface area contributed by atoms with Crippen LogP contribution in [0.15, 0.2) is 42.7 Å². The Balaban J connectivity index is 2.16. The number of carbonyl (C=O) groups is 1. The fourth-order valence-electron chi connectivity index (χ4n) is 1.73. The second-order valence-electron chi connectivity index (χ2n) is 4.23. The van der Waals surface area contributed by atoms with Crippen molar-refractivity contribution in [2.75, 3.05) is 11.9 Å². The van der Waals surface area contributed by atoms with Gasteiger partial charge in [-0.3, -0.25) is 9.78 Å². The second-order valence-corrected chi connectivity index (χ2v) is 4.23. The summed E-state index contributed by atoms with van der Waals surface area (Å²) in [6.45, 7) is 2.25. The Labute approximate surface area is 118 Å². The van der Waals surface area contributed by atoms with Crippen LogP contribution >= 0.6 is 0 Å². The van der Waals surface area contributed by atoms with Crippen LogP contribution in [0, 0.1) is 18.8 Å². The van der Waals surface area contributed by atoms with Gasteiger partial charge in [0.1, 0.15) is 0 Å². The Morgan fingerprint density at radius 2 is 2.25 bits per heavy atom. The van der Waals surface area contributed by atoms with E-state index in [1.165, 1.54) is 6.20 Å². The van der Waals surface area contributed by atoms with Gasteiger partial charge in [0.05, 0.1) is 12.1 Å². The molecule has 0 fully saturated rings. The van der Waals surface area contributed by atoms with Crippen LogP contribution in [0.25, 0.3) is 0 Å². The molecule has 2 aromatic rings. The number of benzene rings is 1. The van der Waals surface area contributed by atoms with Gasteiger partial charge in [0.15, 0.2) is 0 Å². The van der Waals surface area contributed by atoms with Gasteiger partial charge >= 0.3 is 0 Å². The molecule has 1 amide bonds. The molecule has 0 aliphatic carbocycles. The van der Waals surface area contributed by atoms with Gasteiger partial charge in [-0.25, -0.2) is 0 Å². The molecule has 20 heavy (non-hydrogen) atoms. The molecule has 100 valence electrons. The maximum absolute atomic E-state index is 12.0. The minimum absolute atomic E-state index is 0.179. The second kappa shape index (κ2) is 6.50. The summed E-state index contributed by atoms with van der Waals surface area (Å²) in [5.41, 5.74) is 8.46. The lowest BCUT2D eigenvalue weighted by Gasteiger charge is -2.08. The Kier molecular flexibility index (Phi) is 4.48. The summed E-state index contributed by atoms with van der Waals surface area (Å²) in [5.74, 6) is 5.58. The molecule has 4 nitrogen and oxygen atoms in total. The highest BCUT2D eigenvalue weighted by Crippen LogP contribution is 2.17. The lowest BCUT2D eigenvalue weighted by atomic mass is 10.1. The van der Waals surface area contributed by atoms with E-state index in [4.69, 9.17) is 5.73 Å². The van der Waals surface area contributed by atoms with Crippen molar-refractivity contribution in [1.29, 1.82) is 0 Å².